The average Bonchev–Trinajstić information content (AvgIpc) is 2.23. The number of benzene rings is 1. The van der Waals surface area contributed by atoms with Crippen LogP contribution in [0, 0.1) is 0 Å². The highest BCUT2D eigenvalue weighted by Crippen LogP contribution is 2.36. The highest BCUT2D eigenvalue weighted by Gasteiger charge is 2.08. The summed E-state index contributed by atoms with van der Waals surface area (Å²) in [7, 11) is -5.51. The van der Waals surface area contributed by atoms with Crippen LogP contribution in [0.25, 0.3) is 0 Å². The summed E-state index contributed by atoms with van der Waals surface area (Å²) in [6.07, 6.45) is 1.56. The lowest BCUT2D eigenvalue weighted by Crippen LogP contribution is -1.97. The standard InChI is InChI=1S/C10H13O5PS/c11-9-5-1-2-6-10(9)17(15)8-4-3-7-16(12,13)14/h1-3,5-7,11H,4,8H2,(H2,12,13,14)/b7-3+. The average molecular weight is 276 g/mol. The summed E-state index contributed by atoms with van der Waals surface area (Å²) >= 11 is 0. The molecule has 7 heteroatoms. The number of rotatable bonds is 5. The van der Waals surface area contributed by atoms with Crippen LogP contribution >= 0.6 is 7.60 Å². The lowest BCUT2D eigenvalue weighted by Gasteiger charge is -2.02. The molecule has 1 aromatic rings. The maximum atomic E-state index is 11.7. The van der Waals surface area contributed by atoms with Gasteiger partial charge in [-0.2, -0.15) is 0 Å². The fraction of sp³-hybridized carbons (Fsp3) is 0.200. The number of phenols is 1. The first-order valence-corrected chi connectivity index (χ1v) is 7.79. The van der Waals surface area contributed by atoms with E-state index < -0.39 is 18.4 Å². The van der Waals surface area contributed by atoms with E-state index in [0.717, 1.165) is 5.82 Å². The second-order valence-corrected chi connectivity index (χ2v) is 6.30. The van der Waals surface area contributed by atoms with Crippen LogP contribution in [-0.4, -0.2) is 24.9 Å². The molecule has 0 spiro atoms. The van der Waals surface area contributed by atoms with Gasteiger partial charge in [0.1, 0.15) is 5.75 Å². The fourth-order valence-corrected chi connectivity index (χ4v) is 2.67. The summed E-state index contributed by atoms with van der Waals surface area (Å²) in [5.41, 5.74) is 0. The van der Waals surface area contributed by atoms with Crippen molar-refractivity contribution >= 4 is 18.4 Å². The Bertz CT molecular complexity index is 479. The van der Waals surface area contributed by atoms with Gasteiger partial charge >= 0.3 is 7.60 Å². The van der Waals surface area contributed by atoms with E-state index in [1.807, 2.05) is 0 Å². The molecule has 0 aliphatic carbocycles. The molecule has 0 heterocycles. The van der Waals surface area contributed by atoms with Crippen LogP contribution in [0.15, 0.2) is 41.1 Å². The van der Waals surface area contributed by atoms with Crippen LogP contribution in [-0.2, 0) is 15.4 Å². The van der Waals surface area contributed by atoms with Gasteiger partial charge in [-0.15, -0.1) is 0 Å². The molecular formula is C10H13O5PS. The fourth-order valence-electron chi connectivity index (χ4n) is 1.15. The van der Waals surface area contributed by atoms with Gasteiger partial charge < -0.3 is 14.9 Å². The van der Waals surface area contributed by atoms with Crippen molar-refractivity contribution in [3.05, 3.63) is 36.2 Å². The Morgan fingerprint density at radius 2 is 1.94 bits per heavy atom. The van der Waals surface area contributed by atoms with E-state index in [1.165, 1.54) is 12.1 Å². The zero-order valence-electron chi connectivity index (χ0n) is 8.89. The molecular weight excluding hydrogens is 263 g/mol. The van der Waals surface area contributed by atoms with Crippen molar-refractivity contribution in [2.24, 2.45) is 0 Å². The molecule has 0 aromatic heterocycles. The third kappa shape index (κ3) is 5.28. The van der Waals surface area contributed by atoms with Gasteiger partial charge in [0, 0.05) is 11.6 Å². The van der Waals surface area contributed by atoms with E-state index in [1.54, 1.807) is 18.2 Å². The van der Waals surface area contributed by atoms with Gasteiger partial charge in [0.25, 0.3) is 0 Å². The number of aromatic hydroxyl groups is 1. The molecule has 0 aliphatic heterocycles. The number of hydrogen-bond acceptors (Lipinski definition) is 3. The lowest BCUT2D eigenvalue weighted by atomic mass is 10.3. The predicted molar refractivity (Wildman–Crippen MR) is 65.2 cm³/mol. The summed E-state index contributed by atoms with van der Waals surface area (Å²) < 4.78 is 22.2. The Morgan fingerprint density at radius 3 is 2.53 bits per heavy atom. The number of phenolic OH excluding ortho intramolecular Hbond substituents is 1. The van der Waals surface area contributed by atoms with E-state index in [4.69, 9.17) is 9.79 Å². The molecule has 0 aliphatic rings. The minimum Gasteiger partial charge on any atom is -0.507 e. The monoisotopic (exact) mass is 276 g/mol. The zero-order valence-corrected chi connectivity index (χ0v) is 10.6. The third-order valence-corrected chi connectivity index (χ3v) is 3.92. The molecule has 1 atom stereocenters. The van der Waals surface area contributed by atoms with E-state index in [9.17, 15) is 13.9 Å². The SMILES string of the molecule is O=S(CC/C=C/P(=O)(O)O)c1ccccc1O. The summed E-state index contributed by atoms with van der Waals surface area (Å²) in [6, 6.07) is 6.29. The van der Waals surface area contributed by atoms with Crippen molar-refractivity contribution in [3.8, 4) is 5.75 Å². The molecule has 0 saturated carbocycles. The Morgan fingerprint density at radius 1 is 1.29 bits per heavy atom. The molecule has 0 radical (unpaired) electrons. The van der Waals surface area contributed by atoms with Crippen molar-refractivity contribution in [1.29, 1.82) is 0 Å². The molecule has 94 valence electrons. The van der Waals surface area contributed by atoms with Crippen LogP contribution in [0.3, 0.4) is 0 Å². The minimum absolute atomic E-state index is 0.0372. The maximum absolute atomic E-state index is 11.7. The van der Waals surface area contributed by atoms with Crippen LogP contribution in [0.1, 0.15) is 6.42 Å². The van der Waals surface area contributed by atoms with Crippen LogP contribution < -0.4 is 0 Å². The van der Waals surface area contributed by atoms with Gasteiger partial charge in [-0.05, 0) is 18.6 Å². The second-order valence-electron chi connectivity index (χ2n) is 3.28. The second kappa shape index (κ2) is 6.12. The maximum Gasteiger partial charge on any atom is 0.348 e. The Balaban J connectivity index is 2.55. The normalized spacial score (nSPS) is 14.0. The van der Waals surface area contributed by atoms with Gasteiger partial charge in [0.15, 0.2) is 0 Å². The Labute approximate surface area is 101 Å². The summed E-state index contributed by atoms with van der Waals surface area (Å²) in [5.74, 6) is 0.952. The van der Waals surface area contributed by atoms with Crippen LogP contribution in [0.4, 0.5) is 0 Å². The smallest absolute Gasteiger partial charge is 0.348 e. The lowest BCUT2D eigenvalue weighted by molar-refractivity contribution is 0.386. The van der Waals surface area contributed by atoms with Gasteiger partial charge in [-0.1, -0.05) is 18.2 Å². The molecule has 17 heavy (non-hydrogen) atoms. The predicted octanol–water partition coefficient (Wildman–Crippen LogP) is 1.58. The van der Waals surface area contributed by atoms with Gasteiger partial charge in [-0.3, -0.25) is 8.77 Å². The van der Waals surface area contributed by atoms with Gasteiger partial charge in [0.2, 0.25) is 0 Å². The highest BCUT2D eigenvalue weighted by molar-refractivity contribution is 7.85. The molecule has 1 rings (SSSR count). The third-order valence-electron chi connectivity index (χ3n) is 1.88. The van der Waals surface area contributed by atoms with Crippen molar-refractivity contribution < 1.29 is 23.7 Å². The topological polar surface area (TPSA) is 94.8 Å². The van der Waals surface area contributed by atoms with Crippen molar-refractivity contribution in [3.63, 3.8) is 0 Å². The molecule has 0 saturated heterocycles. The minimum atomic E-state index is -4.14. The van der Waals surface area contributed by atoms with Gasteiger partial charge in [-0.25, -0.2) is 0 Å². The Kier molecular flexibility index (Phi) is 5.08. The number of hydrogen-bond donors (Lipinski definition) is 3. The van der Waals surface area contributed by atoms with E-state index in [2.05, 4.69) is 0 Å². The number of para-hydroxylation sites is 1. The largest absolute Gasteiger partial charge is 0.507 e. The first-order chi connectivity index (χ1) is 7.90. The molecule has 1 aromatic carbocycles. The summed E-state index contributed by atoms with van der Waals surface area (Å²) in [5, 5.41) is 9.43. The zero-order chi connectivity index (χ0) is 12.9. The molecule has 0 amide bonds. The van der Waals surface area contributed by atoms with E-state index in [0.29, 0.717) is 4.90 Å². The molecule has 0 bridgehead atoms. The van der Waals surface area contributed by atoms with E-state index in [-0.39, 0.29) is 17.9 Å². The summed E-state index contributed by atoms with van der Waals surface area (Å²) in [4.78, 5) is 17.4. The van der Waals surface area contributed by atoms with Crippen LogP contribution in [0.2, 0.25) is 0 Å². The quantitative estimate of drug-likeness (QED) is 0.710. The van der Waals surface area contributed by atoms with Crippen LogP contribution in [0.5, 0.6) is 5.75 Å². The van der Waals surface area contributed by atoms with Crippen molar-refractivity contribution in [1.82, 2.24) is 0 Å². The molecule has 0 fully saturated rings. The number of allylic oxidation sites excluding steroid dienone is 1. The van der Waals surface area contributed by atoms with E-state index >= 15 is 0 Å². The molecule has 3 N–H and O–H groups in total. The van der Waals surface area contributed by atoms with Gasteiger partial charge in [0.05, 0.1) is 15.7 Å². The molecule has 1 unspecified atom stereocenters. The summed E-state index contributed by atoms with van der Waals surface area (Å²) in [6.45, 7) is 0. The first-order valence-electron chi connectivity index (χ1n) is 4.79. The molecule has 5 nitrogen and oxygen atoms in total. The Hall–Kier alpha value is -0.940. The first kappa shape index (κ1) is 14.1. The van der Waals surface area contributed by atoms with Crippen molar-refractivity contribution in [2.45, 2.75) is 11.3 Å². The highest BCUT2D eigenvalue weighted by atomic mass is 32.2. The van der Waals surface area contributed by atoms with Crippen molar-refractivity contribution in [2.75, 3.05) is 5.75 Å².